The first-order valence-corrected chi connectivity index (χ1v) is 7.14. The van der Waals surface area contributed by atoms with Gasteiger partial charge in [-0.15, -0.1) is 0 Å². The zero-order valence-electron chi connectivity index (χ0n) is 12.8. The van der Waals surface area contributed by atoms with Crippen LogP contribution in [0.3, 0.4) is 0 Å². The fourth-order valence-electron chi connectivity index (χ4n) is 3.89. The van der Waals surface area contributed by atoms with Gasteiger partial charge in [0, 0.05) is 27.2 Å². The molecule has 104 valence electrons. The third kappa shape index (κ3) is 1.87. The van der Waals surface area contributed by atoms with Crippen LogP contribution in [0, 0.1) is 16.7 Å². The van der Waals surface area contributed by atoms with E-state index in [1.54, 1.807) is 4.90 Å². The third-order valence-electron chi connectivity index (χ3n) is 5.97. The Morgan fingerprint density at radius 2 is 1.94 bits per heavy atom. The quantitative estimate of drug-likeness (QED) is 0.752. The van der Waals surface area contributed by atoms with Gasteiger partial charge in [-0.1, -0.05) is 20.8 Å². The van der Waals surface area contributed by atoms with E-state index in [0.29, 0.717) is 10.8 Å². The van der Waals surface area contributed by atoms with Gasteiger partial charge in [0.1, 0.15) is 0 Å². The Balaban J connectivity index is 2.15. The molecule has 0 aromatic heterocycles. The Morgan fingerprint density at radius 3 is 2.44 bits per heavy atom. The molecule has 3 atom stereocenters. The second-order valence-electron chi connectivity index (χ2n) is 7.36. The van der Waals surface area contributed by atoms with Crippen molar-refractivity contribution < 1.29 is 4.79 Å². The van der Waals surface area contributed by atoms with E-state index in [2.05, 4.69) is 32.6 Å². The molecule has 2 fully saturated rings. The second-order valence-corrected chi connectivity index (χ2v) is 7.36. The number of carbonyl (C=O) groups excluding carboxylic acids is 1. The van der Waals surface area contributed by atoms with E-state index >= 15 is 0 Å². The Labute approximate surface area is 112 Å². The maximum atomic E-state index is 12.1. The van der Waals surface area contributed by atoms with Crippen molar-refractivity contribution in [2.45, 2.75) is 46.6 Å². The summed E-state index contributed by atoms with van der Waals surface area (Å²) >= 11 is 0. The van der Waals surface area contributed by atoms with Crippen LogP contribution >= 0.6 is 0 Å². The summed E-state index contributed by atoms with van der Waals surface area (Å²) in [7, 11) is 3.70. The highest BCUT2D eigenvalue weighted by Gasteiger charge is 2.56. The molecule has 1 aliphatic carbocycles. The maximum Gasteiger partial charge on any atom is 0.239 e. The van der Waals surface area contributed by atoms with E-state index in [1.165, 1.54) is 12.8 Å². The van der Waals surface area contributed by atoms with Crippen LogP contribution in [0.15, 0.2) is 0 Å². The van der Waals surface area contributed by atoms with Gasteiger partial charge in [0.25, 0.3) is 0 Å². The van der Waals surface area contributed by atoms with Gasteiger partial charge in [0.05, 0.1) is 6.04 Å². The van der Waals surface area contributed by atoms with Crippen molar-refractivity contribution in [1.29, 1.82) is 0 Å². The van der Waals surface area contributed by atoms with Crippen molar-refractivity contribution >= 4 is 5.91 Å². The topological polar surface area (TPSA) is 23.6 Å². The summed E-state index contributed by atoms with van der Waals surface area (Å²) in [6.45, 7) is 11.5. The maximum absolute atomic E-state index is 12.1. The molecule has 2 rings (SSSR count). The fraction of sp³-hybridized carbons (Fsp3) is 0.933. The molecule has 1 heterocycles. The number of carbonyl (C=O) groups is 1. The standard InChI is InChI=1S/C15H28N2O/c1-11(13(18)16(5)6)17-9-12-7-8-15(4,10-17)14(12,2)3/h11-12H,7-10H2,1-6H3. The van der Waals surface area contributed by atoms with E-state index in [-0.39, 0.29) is 11.9 Å². The molecule has 3 nitrogen and oxygen atoms in total. The predicted octanol–water partition coefficient (Wildman–Crippen LogP) is 2.22. The molecule has 18 heavy (non-hydrogen) atoms. The molecule has 1 amide bonds. The van der Waals surface area contributed by atoms with Crippen molar-refractivity contribution in [1.82, 2.24) is 9.80 Å². The van der Waals surface area contributed by atoms with Crippen molar-refractivity contribution in [3.05, 3.63) is 0 Å². The number of hydrogen-bond acceptors (Lipinski definition) is 2. The molecule has 3 heteroatoms. The van der Waals surface area contributed by atoms with Crippen LogP contribution in [-0.4, -0.2) is 48.9 Å². The summed E-state index contributed by atoms with van der Waals surface area (Å²) in [5, 5.41) is 0. The van der Waals surface area contributed by atoms with E-state index in [1.807, 2.05) is 14.1 Å². The normalized spacial score (nSPS) is 36.4. The zero-order chi connectivity index (χ0) is 13.7. The van der Waals surface area contributed by atoms with Gasteiger partial charge in [-0.05, 0) is 36.5 Å². The second kappa shape index (κ2) is 4.22. The van der Waals surface area contributed by atoms with E-state index in [0.717, 1.165) is 19.0 Å². The molecule has 0 spiro atoms. The molecule has 0 aromatic carbocycles. The first-order valence-electron chi connectivity index (χ1n) is 7.14. The summed E-state index contributed by atoms with van der Waals surface area (Å²) in [6.07, 6.45) is 2.63. The van der Waals surface area contributed by atoms with Gasteiger partial charge >= 0.3 is 0 Å². The van der Waals surface area contributed by atoms with Gasteiger partial charge in [0.15, 0.2) is 0 Å². The Bertz CT molecular complexity index is 350. The lowest BCUT2D eigenvalue weighted by Gasteiger charge is -2.51. The van der Waals surface area contributed by atoms with Gasteiger partial charge in [-0.25, -0.2) is 0 Å². The van der Waals surface area contributed by atoms with Crippen LogP contribution in [0.25, 0.3) is 0 Å². The third-order valence-corrected chi connectivity index (χ3v) is 5.97. The molecule has 1 saturated heterocycles. The minimum atomic E-state index is 0.0241. The van der Waals surface area contributed by atoms with Gasteiger partial charge in [0.2, 0.25) is 5.91 Å². The lowest BCUT2D eigenvalue weighted by molar-refractivity contribution is -0.137. The smallest absolute Gasteiger partial charge is 0.239 e. The van der Waals surface area contributed by atoms with Crippen molar-refractivity contribution in [2.75, 3.05) is 27.2 Å². The van der Waals surface area contributed by atoms with E-state index < -0.39 is 0 Å². The molecule has 2 bridgehead atoms. The first kappa shape index (κ1) is 13.9. The number of amides is 1. The van der Waals surface area contributed by atoms with Gasteiger partial charge in [-0.2, -0.15) is 0 Å². The summed E-state index contributed by atoms with van der Waals surface area (Å²) < 4.78 is 0. The average molecular weight is 252 g/mol. The molecule has 0 aromatic rings. The Hall–Kier alpha value is -0.570. The molecule has 1 aliphatic heterocycles. The fourth-order valence-corrected chi connectivity index (χ4v) is 3.89. The lowest BCUT2D eigenvalue weighted by Crippen LogP contribution is -2.57. The van der Waals surface area contributed by atoms with Crippen LogP contribution in [0.5, 0.6) is 0 Å². The van der Waals surface area contributed by atoms with Crippen LogP contribution in [0.2, 0.25) is 0 Å². The number of rotatable bonds is 2. The van der Waals surface area contributed by atoms with E-state index in [4.69, 9.17) is 0 Å². The monoisotopic (exact) mass is 252 g/mol. The minimum absolute atomic E-state index is 0.0241. The van der Waals surface area contributed by atoms with E-state index in [9.17, 15) is 4.79 Å². The molecule has 1 saturated carbocycles. The largest absolute Gasteiger partial charge is 0.347 e. The van der Waals surface area contributed by atoms with Gasteiger partial charge in [-0.3, -0.25) is 9.69 Å². The number of nitrogens with zero attached hydrogens (tertiary/aromatic N) is 2. The summed E-state index contributed by atoms with van der Waals surface area (Å²) in [5.74, 6) is 0.978. The van der Waals surface area contributed by atoms with Crippen molar-refractivity contribution in [3.8, 4) is 0 Å². The van der Waals surface area contributed by atoms with Crippen LogP contribution in [-0.2, 0) is 4.79 Å². The van der Waals surface area contributed by atoms with Crippen LogP contribution in [0.4, 0.5) is 0 Å². The van der Waals surface area contributed by atoms with Gasteiger partial charge < -0.3 is 4.90 Å². The number of piperidine rings is 1. The minimum Gasteiger partial charge on any atom is -0.347 e. The Kier molecular flexibility index (Phi) is 3.25. The predicted molar refractivity (Wildman–Crippen MR) is 74.3 cm³/mol. The number of likely N-dealkylation sites (tertiary alicyclic amines) is 1. The molecule has 0 N–H and O–H groups in total. The highest BCUT2D eigenvalue weighted by molar-refractivity contribution is 5.81. The zero-order valence-corrected chi connectivity index (χ0v) is 12.8. The average Bonchev–Trinajstić information content (AvgIpc) is 2.44. The van der Waals surface area contributed by atoms with Crippen LogP contribution in [0.1, 0.15) is 40.5 Å². The summed E-state index contributed by atoms with van der Waals surface area (Å²) in [6, 6.07) is 0.0241. The first-order chi connectivity index (χ1) is 8.19. The molecular weight excluding hydrogens is 224 g/mol. The summed E-state index contributed by atoms with van der Waals surface area (Å²) in [4.78, 5) is 16.3. The number of fused-ring (bicyclic) bond motifs is 2. The van der Waals surface area contributed by atoms with Crippen molar-refractivity contribution in [3.63, 3.8) is 0 Å². The molecule has 0 radical (unpaired) electrons. The molecule has 2 aliphatic rings. The Morgan fingerprint density at radius 1 is 1.33 bits per heavy atom. The molecular formula is C15H28N2O. The highest BCUT2D eigenvalue weighted by atomic mass is 16.2. The lowest BCUT2D eigenvalue weighted by atomic mass is 9.63. The number of hydrogen-bond donors (Lipinski definition) is 0. The van der Waals surface area contributed by atoms with Crippen molar-refractivity contribution in [2.24, 2.45) is 16.7 Å². The van der Waals surface area contributed by atoms with Crippen LogP contribution < -0.4 is 0 Å². The highest BCUT2D eigenvalue weighted by Crippen LogP contribution is 2.59. The SMILES string of the molecule is CC(C(=O)N(C)C)N1CC2CCC(C)(C1)C2(C)C. The number of likely N-dealkylation sites (N-methyl/N-ethyl adjacent to an activating group) is 1. The summed E-state index contributed by atoms with van der Waals surface area (Å²) in [5.41, 5.74) is 0.793. The molecule has 3 unspecified atom stereocenters.